The van der Waals surface area contributed by atoms with Crippen molar-refractivity contribution in [3.05, 3.63) is 53.6 Å². The molecule has 0 aliphatic heterocycles. The molecule has 0 amide bonds. The number of hydrogen-bond acceptors (Lipinski definition) is 4. The van der Waals surface area contributed by atoms with Gasteiger partial charge in [-0.1, -0.05) is 13.0 Å². The first kappa shape index (κ1) is 15.4. The highest BCUT2D eigenvalue weighted by molar-refractivity contribution is 5.35. The third kappa shape index (κ3) is 4.02. The molecule has 4 heteroatoms. The zero-order chi connectivity index (χ0) is 15.2. The zero-order valence-corrected chi connectivity index (χ0v) is 13.1. The summed E-state index contributed by atoms with van der Waals surface area (Å²) in [4.78, 5) is 8.70. The molecule has 0 saturated carbocycles. The number of rotatable bonds is 6. The third-order valence-corrected chi connectivity index (χ3v) is 3.21. The summed E-state index contributed by atoms with van der Waals surface area (Å²) >= 11 is 0. The van der Waals surface area contributed by atoms with Crippen molar-refractivity contribution in [1.82, 2.24) is 15.3 Å². The van der Waals surface area contributed by atoms with Crippen molar-refractivity contribution in [3.63, 3.8) is 0 Å². The van der Waals surface area contributed by atoms with Gasteiger partial charge in [-0.25, -0.2) is 0 Å². The second kappa shape index (κ2) is 7.18. The van der Waals surface area contributed by atoms with Gasteiger partial charge in [0.1, 0.15) is 5.75 Å². The molecular weight excluding hydrogens is 262 g/mol. The van der Waals surface area contributed by atoms with Crippen LogP contribution in [0, 0.1) is 6.92 Å². The Kier molecular flexibility index (Phi) is 5.28. The van der Waals surface area contributed by atoms with Crippen LogP contribution >= 0.6 is 0 Å². The van der Waals surface area contributed by atoms with Gasteiger partial charge in [0.15, 0.2) is 0 Å². The van der Waals surface area contributed by atoms with Crippen LogP contribution in [0.1, 0.15) is 43.6 Å². The Balaban J connectivity index is 2.36. The average Bonchev–Trinajstić information content (AvgIpc) is 2.45. The largest absolute Gasteiger partial charge is 0.489 e. The Labute approximate surface area is 126 Å². The fraction of sp³-hybridized carbons (Fsp3) is 0.412. The Morgan fingerprint density at radius 1 is 1.29 bits per heavy atom. The van der Waals surface area contributed by atoms with E-state index in [1.807, 2.05) is 45.3 Å². The third-order valence-electron chi connectivity index (χ3n) is 3.21. The van der Waals surface area contributed by atoms with E-state index in [9.17, 15) is 0 Å². The van der Waals surface area contributed by atoms with Crippen LogP contribution in [0.3, 0.4) is 0 Å². The van der Waals surface area contributed by atoms with Gasteiger partial charge >= 0.3 is 0 Å². The molecule has 4 nitrogen and oxygen atoms in total. The smallest absolute Gasteiger partial charge is 0.138 e. The van der Waals surface area contributed by atoms with E-state index in [4.69, 9.17) is 4.74 Å². The van der Waals surface area contributed by atoms with Crippen LogP contribution in [0.2, 0.25) is 0 Å². The van der Waals surface area contributed by atoms with Crippen LogP contribution in [0.5, 0.6) is 5.75 Å². The molecule has 1 atom stereocenters. The fourth-order valence-corrected chi connectivity index (χ4v) is 2.34. The van der Waals surface area contributed by atoms with E-state index in [-0.39, 0.29) is 12.1 Å². The minimum absolute atomic E-state index is 0.0758. The van der Waals surface area contributed by atoms with Crippen molar-refractivity contribution in [3.8, 4) is 5.75 Å². The summed E-state index contributed by atoms with van der Waals surface area (Å²) in [5, 5.41) is 3.50. The molecule has 0 bridgehead atoms. The second-order valence-electron chi connectivity index (χ2n) is 5.29. The maximum absolute atomic E-state index is 5.74. The maximum atomic E-state index is 5.74. The van der Waals surface area contributed by atoms with Crippen LogP contribution in [0.4, 0.5) is 0 Å². The lowest BCUT2D eigenvalue weighted by molar-refractivity contribution is 0.241. The van der Waals surface area contributed by atoms with Gasteiger partial charge in [0, 0.05) is 18.1 Å². The Hall–Kier alpha value is -1.94. The van der Waals surface area contributed by atoms with E-state index in [0.717, 1.165) is 23.6 Å². The number of aryl methyl sites for hydroxylation is 1. The molecule has 2 aromatic rings. The SMILES string of the molecule is CCNC(c1cncc(OC(C)C)c1)c1cccnc1C. The van der Waals surface area contributed by atoms with Crippen LogP contribution in [-0.4, -0.2) is 22.6 Å². The first-order chi connectivity index (χ1) is 10.1. The number of hydrogen-bond donors (Lipinski definition) is 1. The summed E-state index contributed by atoms with van der Waals surface area (Å²) in [6.07, 6.45) is 5.59. The summed E-state index contributed by atoms with van der Waals surface area (Å²) in [5.74, 6) is 0.798. The highest BCUT2D eigenvalue weighted by Crippen LogP contribution is 2.26. The lowest BCUT2D eigenvalue weighted by atomic mass is 9.99. The molecule has 0 spiro atoms. The standard InChI is InChI=1S/C17H23N3O/c1-5-19-17(16-7-6-8-20-13(16)4)14-9-15(11-18-10-14)21-12(2)3/h6-12,17,19H,5H2,1-4H3. The summed E-state index contributed by atoms with van der Waals surface area (Å²) in [7, 11) is 0. The average molecular weight is 285 g/mol. The lowest BCUT2D eigenvalue weighted by Gasteiger charge is -2.21. The van der Waals surface area contributed by atoms with Crippen molar-refractivity contribution in [2.75, 3.05) is 6.54 Å². The number of nitrogens with one attached hydrogen (secondary N) is 1. The molecule has 2 heterocycles. The monoisotopic (exact) mass is 285 g/mol. The topological polar surface area (TPSA) is 47.0 Å². The summed E-state index contributed by atoms with van der Waals surface area (Å²) in [5.41, 5.74) is 3.28. The van der Waals surface area contributed by atoms with E-state index >= 15 is 0 Å². The lowest BCUT2D eigenvalue weighted by Crippen LogP contribution is -2.23. The van der Waals surface area contributed by atoms with Crippen LogP contribution in [0.25, 0.3) is 0 Å². The summed E-state index contributed by atoms with van der Waals surface area (Å²) < 4.78 is 5.74. The number of pyridine rings is 2. The molecule has 0 fully saturated rings. The highest BCUT2D eigenvalue weighted by atomic mass is 16.5. The molecule has 0 aliphatic rings. The predicted octanol–water partition coefficient (Wildman–Crippen LogP) is 3.27. The molecule has 0 radical (unpaired) electrons. The van der Waals surface area contributed by atoms with E-state index in [2.05, 4.69) is 28.3 Å². The fourth-order valence-electron chi connectivity index (χ4n) is 2.34. The second-order valence-corrected chi connectivity index (χ2v) is 5.29. The van der Waals surface area contributed by atoms with Gasteiger partial charge in [-0.15, -0.1) is 0 Å². The molecule has 1 N–H and O–H groups in total. The molecule has 112 valence electrons. The Morgan fingerprint density at radius 3 is 2.76 bits per heavy atom. The van der Waals surface area contributed by atoms with Crippen LogP contribution in [0.15, 0.2) is 36.8 Å². The van der Waals surface area contributed by atoms with Crippen LogP contribution < -0.4 is 10.1 Å². The highest BCUT2D eigenvalue weighted by Gasteiger charge is 2.16. The quantitative estimate of drug-likeness (QED) is 0.885. The molecule has 2 aromatic heterocycles. The zero-order valence-electron chi connectivity index (χ0n) is 13.1. The van der Waals surface area contributed by atoms with Gasteiger partial charge in [-0.05, 0) is 50.6 Å². The van der Waals surface area contributed by atoms with Crippen molar-refractivity contribution in [2.45, 2.75) is 39.8 Å². The van der Waals surface area contributed by atoms with Crippen molar-refractivity contribution in [2.24, 2.45) is 0 Å². The Bertz CT molecular complexity index is 584. The van der Waals surface area contributed by atoms with Gasteiger partial charge in [-0.2, -0.15) is 0 Å². The molecule has 0 aliphatic carbocycles. The molecule has 0 aromatic carbocycles. The van der Waals surface area contributed by atoms with Crippen LogP contribution in [-0.2, 0) is 0 Å². The van der Waals surface area contributed by atoms with Gasteiger partial charge < -0.3 is 10.1 Å². The van der Waals surface area contributed by atoms with E-state index in [0.29, 0.717) is 0 Å². The van der Waals surface area contributed by atoms with Gasteiger partial charge in [0.2, 0.25) is 0 Å². The van der Waals surface area contributed by atoms with Crippen molar-refractivity contribution in [1.29, 1.82) is 0 Å². The van der Waals surface area contributed by atoms with Crippen molar-refractivity contribution >= 4 is 0 Å². The number of nitrogens with zero attached hydrogens (tertiary/aromatic N) is 2. The summed E-state index contributed by atoms with van der Waals surface area (Å²) in [6.45, 7) is 9.02. The van der Waals surface area contributed by atoms with Gasteiger partial charge in [0.05, 0.1) is 18.3 Å². The van der Waals surface area contributed by atoms with E-state index in [1.54, 1.807) is 6.20 Å². The molecule has 0 saturated heterocycles. The van der Waals surface area contributed by atoms with Crippen molar-refractivity contribution < 1.29 is 4.74 Å². The van der Waals surface area contributed by atoms with Gasteiger partial charge in [0.25, 0.3) is 0 Å². The molecule has 1 unspecified atom stereocenters. The summed E-state index contributed by atoms with van der Waals surface area (Å²) in [6, 6.07) is 6.19. The minimum atomic E-state index is 0.0758. The number of ether oxygens (including phenoxy) is 1. The predicted molar refractivity (Wildman–Crippen MR) is 84.5 cm³/mol. The normalized spacial score (nSPS) is 12.4. The Morgan fingerprint density at radius 2 is 2.10 bits per heavy atom. The molecule has 21 heavy (non-hydrogen) atoms. The minimum Gasteiger partial charge on any atom is -0.489 e. The van der Waals surface area contributed by atoms with E-state index in [1.165, 1.54) is 5.56 Å². The first-order valence-corrected chi connectivity index (χ1v) is 7.38. The number of aromatic nitrogens is 2. The molecular formula is C17H23N3O. The van der Waals surface area contributed by atoms with E-state index < -0.39 is 0 Å². The first-order valence-electron chi connectivity index (χ1n) is 7.38. The van der Waals surface area contributed by atoms with Gasteiger partial charge in [-0.3, -0.25) is 9.97 Å². The maximum Gasteiger partial charge on any atom is 0.138 e. The molecule has 2 rings (SSSR count).